The van der Waals surface area contributed by atoms with Crippen LogP contribution in [0.3, 0.4) is 0 Å². The Morgan fingerprint density at radius 3 is 2.35 bits per heavy atom. The van der Waals surface area contributed by atoms with Gasteiger partial charge >= 0.3 is 5.97 Å². The molecule has 0 aliphatic rings. The number of carboxylic acids is 1. The highest BCUT2D eigenvalue weighted by Gasteiger charge is 2.21. The van der Waals surface area contributed by atoms with Crippen LogP contribution in [0.15, 0.2) is 12.1 Å². The van der Waals surface area contributed by atoms with Crippen LogP contribution in [0, 0.1) is 6.92 Å². The number of hydrogen-bond acceptors (Lipinski definition) is 4. The van der Waals surface area contributed by atoms with Crippen LogP contribution in [0.2, 0.25) is 0 Å². The molecule has 92 valence electrons. The van der Waals surface area contributed by atoms with Crippen LogP contribution in [-0.2, 0) is 11.3 Å². The molecule has 0 spiro atoms. The van der Waals surface area contributed by atoms with Gasteiger partial charge in [0.25, 0.3) is 5.78 Å². The molecule has 0 heterocycles. The number of phenols is 1. The summed E-state index contributed by atoms with van der Waals surface area (Å²) in [5, 5.41) is 18.6. The first kappa shape index (κ1) is 13.2. The fourth-order valence-corrected chi connectivity index (χ4v) is 1.55. The quantitative estimate of drug-likeness (QED) is 0.604. The van der Waals surface area contributed by atoms with E-state index in [9.17, 15) is 14.7 Å². The minimum atomic E-state index is -1.57. The van der Waals surface area contributed by atoms with Gasteiger partial charge < -0.3 is 15.1 Å². The third-order valence-electron chi connectivity index (χ3n) is 2.43. The van der Waals surface area contributed by atoms with Gasteiger partial charge in [0.15, 0.2) is 0 Å². The van der Waals surface area contributed by atoms with Crippen molar-refractivity contribution in [2.75, 3.05) is 14.1 Å². The minimum absolute atomic E-state index is 0.167. The van der Waals surface area contributed by atoms with E-state index in [1.807, 2.05) is 19.0 Å². The molecule has 2 N–H and O–H groups in total. The van der Waals surface area contributed by atoms with Gasteiger partial charge in [-0.3, -0.25) is 4.79 Å². The van der Waals surface area contributed by atoms with Crippen LogP contribution in [0.1, 0.15) is 21.5 Å². The van der Waals surface area contributed by atoms with Crippen molar-refractivity contribution in [3.8, 4) is 5.75 Å². The number of phenolic OH excluding ortho intramolecular Hbond substituents is 1. The van der Waals surface area contributed by atoms with Crippen molar-refractivity contribution in [2.24, 2.45) is 0 Å². The van der Waals surface area contributed by atoms with Gasteiger partial charge in [0.1, 0.15) is 5.75 Å². The van der Waals surface area contributed by atoms with Gasteiger partial charge in [-0.15, -0.1) is 0 Å². The lowest BCUT2D eigenvalue weighted by atomic mass is 10.00. The number of carbonyl (C=O) groups excluding carboxylic acids is 1. The molecular weight excluding hydrogens is 222 g/mol. The summed E-state index contributed by atoms with van der Waals surface area (Å²) in [6, 6.07) is 2.97. The lowest BCUT2D eigenvalue weighted by molar-refractivity contribution is -0.131. The number of Topliss-reactive ketones (excluding diaryl/α,β-unsaturated/α-hetero) is 1. The average Bonchev–Trinajstić information content (AvgIpc) is 2.23. The first-order valence-corrected chi connectivity index (χ1v) is 5.08. The number of benzene rings is 1. The van der Waals surface area contributed by atoms with E-state index >= 15 is 0 Å². The van der Waals surface area contributed by atoms with E-state index in [0.717, 1.165) is 5.56 Å². The smallest absolute Gasteiger partial charge is 0.377 e. The van der Waals surface area contributed by atoms with Crippen LogP contribution in [-0.4, -0.2) is 41.0 Å². The number of aryl methyl sites for hydroxylation is 1. The van der Waals surface area contributed by atoms with E-state index in [1.54, 1.807) is 13.0 Å². The fourth-order valence-electron chi connectivity index (χ4n) is 1.55. The Morgan fingerprint density at radius 1 is 1.29 bits per heavy atom. The summed E-state index contributed by atoms with van der Waals surface area (Å²) < 4.78 is 0. The van der Waals surface area contributed by atoms with E-state index in [2.05, 4.69) is 0 Å². The predicted molar refractivity (Wildman–Crippen MR) is 62.2 cm³/mol. The molecule has 0 radical (unpaired) electrons. The molecule has 0 amide bonds. The van der Waals surface area contributed by atoms with Gasteiger partial charge in [-0.2, -0.15) is 0 Å². The Bertz CT molecular complexity index is 466. The highest BCUT2D eigenvalue weighted by Crippen LogP contribution is 2.27. The monoisotopic (exact) mass is 237 g/mol. The molecule has 0 atom stereocenters. The molecule has 0 saturated heterocycles. The molecule has 0 aliphatic heterocycles. The predicted octanol–water partition coefficient (Wildman–Crippen LogP) is 1.03. The van der Waals surface area contributed by atoms with Gasteiger partial charge in [0, 0.05) is 12.1 Å². The highest BCUT2D eigenvalue weighted by atomic mass is 16.4. The molecular formula is C12H15NO4. The zero-order valence-corrected chi connectivity index (χ0v) is 10.0. The van der Waals surface area contributed by atoms with Crippen molar-refractivity contribution in [1.82, 2.24) is 4.90 Å². The van der Waals surface area contributed by atoms with E-state index in [4.69, 9.17) is 5.11 Å². The number of aliphatic carboxylic acids is 1. The first-order valence-electron chi connectivity index (χ1n) is 5.08. The van der Waals surface area contributed by atoms with Gasteiger partial charge in [-0.1, -0.05) is 6.07 Å². The van der Waals surface area contributed by atoms with Crippen LogP contribution >= 0.6 is 0 Å². The SMILES string of the molecule is Cc1ccc(C(=O)C(=O)O)c(O)c1CN(C)C. The van der Waals surface area contributed by atoms with Crippen LogP contribution in [0.5, 0.6) is 5.75 Å². The second kappa shape index (κ2) is 4.97. The lowest BCUT2D eigenvalue weighted by Crippen LogP contribution is -2.16. The number of carbonyl (C=O) groups is 2. The fraction of sp³-hybridized carbons (Fsp3) is 0.333. The summed E-state index contributed by atoms with van der Waals surface area (Å²) in [4.78, 5) is 23.8. The van der Waals surface area contributed by atoms with Gasteiger partial charge in [-0.25, -0.2) is 4.79 Å². The number of rotatable bonds is 4. The summed E-state index contributed by atoms with van der Waals surface area (Å²) in [6.45, 7) is 2.24. The maximum absolute atomic E-state index is 11.3. The summed E-state index contributed by atoms with van der Waals surface area (Å²) in [7, 11) is 3.65. The van der Waals surface area contributed by atoms with Gasteiger partial charge in [0.2, 0.25) is 0 Å². The van der Waals surface area contributed by atoms with Crippen molar-refractivity contribution in [1.29, 1.82) is 0 Å². The Hall–Kier alpha value is -1.88. The number of ketones is 1. The van der Waals surface area contributed by atoms with Gasteiger partial charge in [-0.05, 0) is 32.6 Å². The summed E-state index contributed by atoms with van der Waals surface area (Å²) in [5.74, 6) is -2.91. The van der Waals surface area contributed by atoms with Crippen LogP contribution in [0.25, 0.3) is 0 Å². The summed E-state index contributed by atoms with van der Waals surface area (Å²) >= 11 is 0. The molecule has 17 heavy (non-hydrogen) atoms. The van der Waals surface area contributed by atoms with E-state index < -0.39 is 11.8 Å². The van der Waals surface area contributed by atoms with E-state index in [1.165, 1.54) is 6.07 Å². The molecule has 1 rings (SSSR count). The molecule has 0 fully saturated rings. The third-order valence-corrected chi connectivity index (χ3v) is 2.43. The minimum Gasteiger partial charge on any atom is -0.507 e. The molecule has 0 unspecified atom stereocenters. The van der Waals surface area contributed by atoms with Crippen molar-refractivity contribution >= 4 is 11.8 Å². The molecule has 0 saturated carbocycles. The van der Waals surface area contributed by atoms with E-state index in [0.29, 0.717) is 12.1 Å². The van der Waals surface area contributed by atoms with Gasteiger partial charge in [0.05, 0.1) is 5.56 Å². The Balaban J connectivity index is 3.28. The molecule has 0 aliphatic carbocycles. The normalized spacial score (nSPS) is 10.6. The number of carboxylic acid groups (broad SMARTS) is 1. The maximum atomic E-state index is 11.3. The summed E-state index contributed by atoms with van der Waals surface area (Å²) in [5.41, 5.74) is 1.22. The van der Waals surface area contributed by atoms with Crippen molar-refractivity contribution in [2.45, 2.75) is 13.5 Å². The second-order valence-corrected chi connectivity index (χ2v) is 4.13. The molecule has 5 nitrogen and oxygen atoms in total. The van der Waals surface area contributed by atoms with Crippen LogP contribution in [0.4, 0.5) is 0 Å². The first-order chi connectivity index (χ1) is 7.84. The van der Waals surface area contributed by atoms with Crippen LogP contribution < -0.4 is 0 Å². The average molecular weight is 237 g/mol. The topological polar surface area (TPSA) is 77.8 Å². The van der Waals surface area contributed by atoms with Crippen molar-refractivity contribution in [3.63, 3.8) is 0 Å². The molecule has 0 aromatic heterocycles. The largest absolute Gasteiger partial charge is 0.507 e. The zero-order valence-electron chi connectivity index (χ0n) is 10.0. The summed E-state index contributed by atoms with van der Waals surface area (Å²) in [6.07, 6.45) is 0. The van der Waals surface area contributed by atoms with Crippen molar-refractivity contribution < 1.29 is 19.8 Å². The lowest BCUT2D eigenvalue weighted by Gasteiger charge is -2.15. The third kappa shape index (κ3) is 2.82. The van der Waals surface area contributed by atoms with E-state index in [-0.39, 0.29) is 11.3 Å². The standard InChI is InChI=1S/C12H15NO4/c1-7-4-5-8(11(15)12(16)17)10(14)9(7)6-13(2)3/h4-5,14H,6H2,1-3H3,(H,16,17). The second-order valence-electron chi connectivity index (χ2n) is 4.13. The number of aromatic hydroxyl groups is 1. The maximum Gasteiger partial charge on any atom is 0.377 e. The Labute approximate surface area is 99.3 Å². The molecule has 1 aromatic rings. The van der Waals surface area contributed by atoms with Crippen molar-refractivity contribution in [3.05, 3.63) is 28.8 Å². The molecule has 5 heteroatoms. The molecule has 0 bridgehead atoms. The Kier molecular flexibility index (Phi) is 3.85. The Morgan fingerprint density at radius 2 is 1.88 bits per heavy atom. The molecule has 1 aromatic carbocycles. The zero-order chi connectivity index (χ0) is 13.2. The highest BCUT2D eigenvalue weighted by molar-refractivity contribution is 6.40. The number of nitrogens with zero attached hydrogens (tertiary/aromatic N) is 1. The number of hydrogen-bond donors (Lipinski definition) is 2.